The minimum absolute atomic E-state index is 0.0627. The molecule has 1 saturated heterocycles. The van der Waals surface area contributed by atoms with Crippen LogP contribution in [0.25, 0.3) is 0 Å². The molecule has 0 aromatic carbocycles. The van der Waals surface area contributed by atoms with Crippen molar-refractivity contribution in [2.45, 2.75) is 31.8 Å². The van der Waals surface area contributed by atoms with Crippen molar-refractivity contribution in [2.75, 3.05) is 6.61 Å². The van der Waals surface area contributed by atoms with Gasteiger partial charge in [0, 0.05) is 28.7 Å². The standard InChI is InChI=1S/C14H16N2O3S/c17-6-2-1-3-10-7-11(20-9-10)8-15-14(19)12-4-5-13(18)16-12/h7,9,12,17H,2,4-6,8H2,(H,15,19)(H,16,18). The van der Waals surface area contributed by atoms with Gasteiger partial charge in [-0.2, -0.15) is 0 Å². The second-order valence-electron chi connectivity index (χ2n) is 4.45. The first kappa shape index (κ1) is 14.6. The van der Waals surface area contributed by atoms with E-state index in [-0.39, 0.29) is 18.4 Å². The van der Waals surface area contributed by atoms with Gasteiger partial charge in [0.2, 0.25) is 11.8 Å². The molecule has 2 heterocycles. The number of hydrogen-bond acceptors (Lipinski definition) is 4. The molecule has 0 spiro atoms. The quantitative estimate of drug-likeness (QED) is 0.702. The van der Waals surface area contributed by atoms with Gasteiger partial charge in [-0.25, -0.2) is 0 Å². The summed E-state index contributed by atoms with van der Waals surface area (Å²) in [4.78, 5) is 23.9. The molecule has 0 saturated carbocycles. The second-order valence-corrected chi connectivity index (χ2v) is 5.45. The fraction of sp³-hybridized carbons (Fsp3) is 0.429. The molecule has 2 amide bonds. The molecule has 6 heteroatoms. The number of aliphatic hydroxyl groups is 1. The summed E-state index contributed by atoms with van der Waals surface area (Å²) >= 11 is 1.53. The van der Waals surface area contributed by atoms with Crippen molar-refractivity contribution in [1.29, 1.82) is 0 Å². The maximum absolute atomic E-state index is 11.8. The van der Waals surface area contributed by atoms with Crippen molar-refractivity contribution < 1.29 is 14.7 Å². The van der Waals surface area contributed by atoms with Crippen molar-refractivity contribution >= 4 is 23.2 Å². The van der Waals surface area contributed by atoms with Crippen molar-refractivity contribution in [2.24, 2.45) is 0 Å². The number of nitrogens with one attached hydrogen (secondary N) is 2. The van der Waals surface area contributed by atoms with Crippen LogP contribution >= 0.6 is 11.3 Å². The summed E-state index contributed by atoms with van der Waals surface area (Å²) in [7, 11) is 0. The molecular weight excluding hydrogens is 276 g/mol. The number of carbonyl (C=O) groups is 2. The molecule has 2 rings (SSSR count). The molecule has 1 unspecified atom stereocenters. The minimum Gasteiger partial charge on any atom is -0.395 e. The van der Waals surface area contributed by atoms with Gasteiger partial charge < -0.3 is 15.7 Å². The van der Waals surface area contributed by atoms with Crippen LogP contribution in [0.4, 0.5) is 0 Å². The van der Waals surface area contributed by atoms with Gasteiger partial charge in [0.25, 0.3) is 0 Å². The molecule has 1 aromatic rings. The Balaban J connectivity index is 1.81. The van der Waals surface area contributed by atoms with Gasteiger partial charge >= 0.3 is 0 Å². The van der Waals surface area contributed by atoms with E-state index < -0.39 is 6.04 Å². The summed E-state index contributed by atoms with van der Waals surface area (Å²) in [5.74, 6) is 5.59. The molecule has 5 nitrogen and oxygen atoms in total. The van der Waals surface area contributed by atoms with E-state index >= 15 is 0 Å². The zero-order valence-corrected chi connectivity index (χ0v) is 11.8. The van der Waals surface area contributed by atoms with Crippen molar-refractivity contribution in [3.05, 3.63) is 21.9 Å². The third kappa shape index (κ3) is 4.08. The number of amides is 2. The lowest BCUT2D eigenvalue weighted by Crippen LogP contribution is -2.41. The monoisotopic (exact) mass is 292 g/mol. The summed E-state index contributed by atoms with van der Waals surface area (Å²) in [5.41, 5.74) is 0.891. The van der Waals surface area contributed by atoms with Crippen LogP contribution < -0.4 is 10.6 Å². The zero-order valence-electron chi connectivity index (χ0n) is 10.9. The smallest absolute Gasteiger partial charge is 0.242 e. The topological polar surface area (TPSA) is 78.4 Å². The van der Waals surface area contributed by atoms with Gasteiger partial charge in [-0.1, -0.05) is 11.8 Å². The van der Waals surface area contributed by atoms with Gasteiger partial charge in [-0.3, -0.25) is 9.59 Å². The van der Waals surface area contributed by atoms with Crippen LogP contribution in [0.2, 0.25) is 0 Å². The molecule has 0 bridgehead atoms. The van der Waals surface area contributed by atoms with E-state index in [2.05, 4.69) is 22.5 Å². The summed E-state index contributed by atoms with van der Waals surface area (Å²) in [5, 5.41) is 16.0. The average molecular weight is 292 g/mol. The highest BCUT2D eigenvalue weighted by molar-refractivity contribution is 7.10. The molecule has 1 atom stereocenters. The van der Waals surface area contributed by atoms with Crippen molar-refractivity contribution in [3.8, 4) is 11.8 Å². The third-order valence-electron chi connectivity index (χ3n) is 2.87. The van der Waals surface area contributed by atoms with Gasteiger partial charge in [-0.15, -0.1) is 11.3 Å². The fourth-order valence-electron chi connectivity index (χ4n) is 1.87. The maximum atomic E-state index is 11.8. The molecule has 3 N–H and O–H groups in total. The van der Waals surface area contributed by atoms with Crippen LogP contribution in [0, 0.1) is 11.8 Å². The Kier molecular flexibility index (Phi) is 5.16. The normalized spacial score (nSPS) is 17.2. The van der Waals surface area contributed by atoms with Crippen LogP contribution in [0.5, 0.6) is 0 Å². The molecule has 106 valence electrons. The predicted octanol–water partition coefficient (Wildman–Crippen LogP) is 0.377. The number of rotatable bonds is 4. The summed E-state index contributed by atoms with van der Waals surface area (Å²) in [6.07, 6.45) is 1.44. The third-order valence-corrected chi connectivity index (χ3v) is 3.81. The predicted molar refractivity (Wildman–Crippen MR) is 75.9 cm³/mol. The first-order chi connectivity index (χ1) is 9.69. The largest absolute Gasteiger partial charge is 0.395 e. The summed E-state index contributed by atoms with van der Waals surface area (Å²) in [6, 6.07) is 1.52. The van der Waals surface area contributed by atoms with Gasteiger partial charge in [-0.05, 0) is 12.5 Å². The maximum Gasteiger partial charge on any atom is 0.242 e. The second kappa shape index (κ2) is 7.08. The van der Waals surface area contributed by atoms with E-state index in [0.717, 1.165) is 10.4 Å². The Labute approximate surface area is 121 Å². The van der Waals surface area contributed by atoms with E-state index in [1.807, 2.05) is 11.4 Å². The Morgan fingerprint density at radius 2 is 2.45 bits per heavy atom. The lowest BCUT2D eigenvalue weighted by atomic mass is 10.2. The van der Waals surface area contributed by atoms with Crippen molar-refractivity contribution in [1.82, 2.24) is 10.6 Å². The summed E-state index contributed by atoms with van der Waals surface area (Å²) < 4.78 is 0. The number of thiophene rings is 1. The van der Waals surface area contributed by atoms with E-state index in [4.69, 9.17) is 5.11 Å². The molecule has 1 aromatic heterocycles. The van der Waals surface area contributed by atoms with Gasteiger partial charge in [0.1, 0.15) is 6.04 Å². The molecule has 20 heavy (non-hydrogen) atoms. The van der Waals surface area contributed by atoms with Crippen LogP contribution in [0.1, 0.15) is 29.7 Å². The number of aliphatic hydroxyl groups excluding tert-OH is 1. The fourth-order valence-corrected chi connectivity index (χ4v) is 2.62. The molecule has 1 aliphatic rings. The van der Waals surface area contributed by atoms with E-state index in [1.54, 1.807) is 0 Å². The Morgan fingerprint density at radius 1 is 1.60 bits per heavy atom. The Morgan fingerprint density at radius 3 is 3.15 bits per heavy atom. The van der Waals surface area contributed by atoms with Gasteiger partial charge in [0.15, 0.2) is 0 Å². The Hall–Kier alpha value is -1.84. The van der Waals surface area contributed by atoms with E-state index in [1.165, 1.54) is 11.3 Å². The van der Waals surface area contributed by atoms with Gasteiger partial charge in [0.05, 0.1) is 13.2 Å². The molecule has 1 aliphatic heterocycles. The highest BCUT2D eigenvalue weighted by Crippen LogP contribution is 2.14. The molecule has 1 fully saturated rings. The first-order valence-corrected chi connectivity index (χ1v) is 7.31. The molecule has 0 radical (unpaired) electrons. The van der Waals surface area contributed by atoms with Crippen LogP contribution in [-0.4, -0.2) is 29.6 Å². The highest BCUT2D eigenvalue weighted by atomic mass is 32.1. The number of hydrogen-bond donors (Lipinski definition) is 3. The Bertz CT molecular complexity index is 556. The number of carbonyl (C=O) groups excluding carboxylic acids is 2. The highest BCUT2D eigenvalue weighted by Gasteiger charge is 2.26. The lowest BCUT2D eigenvalue weighted by Gasteiger charge is -2.09. The minimum atomic E-state index is -0.397. The van der Waals surface area contributed by atoms with E-state index in [9.17, 15) is 9.59 Å². The molecular formula is C14H16N2O3S. The van der Waals surface area contributed by atoms with Crippen LogP contribution in [0.3, 0.4) is 0 Å². The van der Waals surface area contributed by atoms with Crippen molar-refractivity contribution in [3.63, 3.8) is 0 Å². The SMILES string of the molecule is O=C1CCC(C(=O)NCc2cc(C#CCCO)cs2)N1. The van der Waals surface area contributed by atoms with Crippen LogP contribution in [0.15, 0.2) is 11.4 Å². The first-order valence-electron chi connectivity index (χ1n) is 6.43. The summed E-state index contributed by atoms with van der Waals surface area (Å²) in [6.45, 7) is 0.505. The van der Waals surface area contributed by atoms with Crippen LogP contribution in [-0.2, 0) is 16.1 Å². The average Bonchev–Trinajstić information content (AvgIpc) is 3.05. The van der Waals surface area contributed by atoms with E-state index in [0.29, 0.717) is 25.8 Å². The lowest BCUT2D eigenvalue weighted by molar-refractivity contribution is -0.125. The zero-order chi connectivity index (χ0) is 14.4. The molecule has 0 aliphatic carbocycles.